The van der Waals surface area contributed by atoms with Crippen LogP contribution in [0.1, 0.15) is 36.9 Å². The van der Waals surface area contributed by atoms with Crippen LogP contribution in [-0.4, -0.2) is 31.0 Å². The fourth-order valence-corrected chi connectivity index (χ4v) is 3.57. The first-order valence-corrected chi connectivity index (χ1v) is 9.46. The van der Waals surface area contributed by atoms with Crippen LogP contribution in [0.15, 0.2) is 48.5 Å². The number of halogens is 1. The maximum Gasteiger partial charge on any atom is 0.224 e. The van der Waals surface area contributed by atoms with Gasteiger partial charge in [0.25, 0.3) is 0 Å². The molecule has 144 valence electrons. The summed E-state index contributed by atoms with van der Waals surface area (Å²) >= 11 is 0. The van der Waals surface area contributed by atoms with Gasteiger partial charge >= 0.3 is 0 Å². The van der Waals surface area contributed by atoms with Crippen molar-refractivity contribution >= 4 is 5.91 Å². The number of methoxy groups -OCH3 is 1. The van der Waals surface area contributed by atoms with Crippen LogP contribution in [-0.2, 0) is 11.3 Å². The zero-order valence-electron chi connectivity index (χ0n) is 16.0. The van der Waals surface area contributed by atoms with Crippen molar-refractivity contribution in [3.8, 4) is 5.75 Å². The van der Waals surface area contributed by atoms with Crippen LogP contribution < -0.4 is 10.1 Å². The minimum atomic E-state index is -0.220. The first-order valence-electron chi connectivity index (χ1n) is 9.46. The number of nitrogens with one attached hydrogen (secondary N) is 1. The highest BCUT2D eigenvalue weighted by molar-refractivity contribution is 5.79. The van der Waals surface area contributed by atoms with E-state index in [9.17, 15) is 9.18 Å². The number of hydrogen-bond acceptors (Lipinski definition) is 3. The minimum Gasteiger partial charge on any atom is -0.497 e. The van der Waals surface area contributed by atoms with Crippen molar-refractivity contribution in [1.82, 2.24) is 10.2 Å². The average Bonchev–Trinajstić information content (AvgIpc) is 2.70. The van der Waals surface area contributed by atoms with E-state index in [1.54, 1.807) is 7.11 Å². The summed E-state index contributed by atoms with van der Waals surface area (Å²) in [7, 11) is 1.64. The quantitative estimate of drug-likeness (QED) is 0.838. The zero-order valence-corrected chi connectivity index (χ0v) is 16.0. The fourth-order valence-electron chi connectivity index (χ4n) is 3.57. The average molecular weight is 370 g/mol. The molecule has 1 saturated heterocycles. The second-order valence-electron chi connectivity index (χ2n) is 7.20. The second-order valence-corrected chi connectivity index (χ2v) is 7.20. The molecule has 1 fully saturated rings. The first-order chi connectivity index (χ1) is 13.0. The zero-order chi connectivity index (χ0) is 19.2. The first kappa shape index (κ1) is 19.4. The number of rotatable bonds is 6. The standard InChI is InChI=1S/C22H27FN2O2/c1-16(18-7-11-21(27-2)12-8-18)24-22(26)19-4-3-13-25(15-19)14-17-5-9-20(23)10-6-17/h5-12,16,19H,3-4,13-15H2,1-2H3,(H,24,26). The van der Waals surface area contributed by atoms with Crippen LogP contribution in [0, 0.1) is 11.7 Å². The maximum atomic E-state index is 13.1. The van der Waals surface area contributed by atoms with Gasteiger partial charge in [-0.05, 0) is 61.7 Å². The number of piperidine rings is 1. The van der Waals surface area contributed by atoms with E-state index in [-0.39, 0.29) is 23.7 Å². The third kappa shape index (κ3) is 5.30. The van der Waals surface area contributed by atoms with E-state index in [1.807, 2.05) is 43.3 Å². The van der Waals surface area contributed by atoms with E-state index >= 15 is 0 Å². The molecular weight excluding hydrogens is 343 g/mol. The lowest BCUT2D eigenvalue weighted by Crippen LogP contribution is -2.43. The van der Waals surface area contributed by atoms with Crippen molar-refractivity contribution in [3.05, 3.63) is 65.5 Å². The Kier molecular flexibility index (Phi) is 6.45. The molecule has 0 spiro atoms. The van der Waals surface area contributed by atoms with Crippen molar-refractivity contribution in [2.75, 3.05) is 20.2 Å². The van der Waals surface area contributed by atoms with E-state index in [1.165, 1.54) is 12.1 Å². The summed E-state index contributed by atoms with van der Waals surface area (Å²) in [5.74, 6) is 0.671. The third-order valence-corrected chi connectivity index (χ3v) is 5.17. The van der Waals surface area contributed by atoms with Crippen molar-refractivity contribution in [2.45, 2.75) is 32.4 Å². The molecule has 5 heteroatoms. The predicted octanol–water partition coefficient (Wildman–Crippen LogP) is 3.92. The highest BCUT2D eigenvalue weighted by Gasteiger charge is 2.26. The molecule has 3 rings (SSSR count). The number of nitrogens with zero attached hydrogens (tertiary/aromatic N) is 1. The van der Waals surface area contributed by atoms with Gasteiger partial charge in [0.05, 0.1) is 19.1 Å². The van der Waals surface area contributed by atoms with E-state index in [2.05, 4.69) is 10.2 Å². The molecule has 0 saturated carbocycles. The summed E-state index contributed by atoms with van der Waals surface area (Å²) in [5, 5.41) is 3.14. The molecule has 0 aromatic heterocycles. The maximum absolute atomic E-state index is 13.1. The summed E-state index contributed by atoms with van der Waals surface area (Å²) in [4.78, 5) is 15.0. The van der Waals surface area contributed by atoms with Crippen molar-refractivity contribution in [1.29, 1.82) is 0 Å². The predicted molar refractivity (Wildman–Crippen MR) is 104 cm³/mol. The molecule has 1 heterocycles. The molecule has 27 heavy (non-hydrogen) atoms. The molecule has 1 aliphatic heterocycles. The van der Waals surface area contributed by atoms with Gasteiger partial charge in [-0.15, -0.1) is 0 Å². The molecule has 1 aliphatic rings. The lowest BCUT2D eigenvalue weighted by Gasteiger charge is -2.32. The largest absolute Gasteiger partial charge is 0.497 e. The normalized spacial score (nSPS) is 18.7. The fraction of sp³-hybridized carbons (Fsp3) is 0.409. The topological polar surface area (TPSA) is 41.6 Å². The molecule has 1 N–H and O–H groups in total. The van der Waals surface area contributed by atoms with Crippen LogP contribution in [0.2, 0.25) is 0 Å². The number of amides is 1. The van der Waals surface area contributed by atoms with Crippen LogP contribution in [0.4, 0.5) is 4.39 Å². The van der Waals surface area contributed by atoms with Gasteiger partial charge in [0, 0.05) is 13.1 Å². The van der Waals surface area contributed by atoms with Crippen LogP contribution >= 0.6 is 0 Å². The highest BCUT2D eigenvalue weighted by Crippen LogP contribution is 2.22. The van der Waals surface area contributed by atoms with E-state index in [0.29, 0.717) is 0 Å². The SMILES string of the molecule is COc1ccc(C(C)NC(=O)C2CCCN(Cc3ccc(F)cc3)C2)cc1. The molecule has 0 bridgehead atoms. The number of carbonyl (C=O) groups is 1. The highest BCUT2D eigenvalue weighted by atomic mass is 19.1. The molecule has 2 atom stereocenters. The summed E-state index contributed by atoms with van der Waals surface area (Å²) in [6.07, 6.45) is 1.90. The molecular formula is C22H27FN2O2. The summed E-state index contributed by atoms with van der Waals surface area (Å²) < 4.78 is 18.2. The molecule has 2 aromatic rings. The van der Waals surface area contributed by atoms with Crippen molar-refractivity contribution in [2.24, 2.45) is 5.92 Å². The monoisotopic (exact) mass is 370 g/mol. The van der Waals surface area contributed by atoms with Gasteiger partial charge in [-0.2, -0.15) is 0 Å². The van der Waals surface area contributed by atoms with E-state index < -0.39 is 0 Å². The molecule has 0 aliphatic carbocycles. The Morgan fingerprint density at radius 1 is 1.22 bits per heavy atom. The molecule has 4 nitrogen and oxygen atoms in total. The second kappa shape index (κ2) is 9.00. The molecule has 2 aromatic carbocycles. The molecule has 2 unspecified atom stereocenters. The van der Waals surface area contributed by atoms with Crippen molar-refractivity contribution in [3.63, 3.8) is 0 Å². The summed E-state index contributed by atoms with van der Waals surface area (Å²) in [6.45, 7) is 4.45. The van der Waals surface area contributed by atoms with Gasteiger partial charge < -0.3 is 10.1 Å². The smallest absolute Gasteiger partial charge is 0.224 e. The Morgan fingerprint density at radius 2 is 1.93 bits per heavy atom. The van der Waals surface area contributed by atoms with Gasteiger partial charge in [0.1, 0.15) is 11.6 Å². The van der Waals surface area contributed by atoms with Gasteiger partial charge in [-0.1, -0.05) is 24.3 Å². The number of carbonyl (C=O) groups excluding carboxylic acids is 1. The Morgan fingerprint density at radius 3 is 2.59 bits per heavy atom. The van der Waals surface area contributed by atoms with Crippen LogP contribution in [0.5, 0.6) is 5.75 Å². The Bertz CT molecular complexity index is 746. The van der Waals surface area contributed by atoms with Crippen LogP contribution in [0.3, 0.4) is 0 Å². The van der Waals surface area contributed by atoms with Crippen LogP contribution in [0.25, 0.3) is 0 Å². The lowest BCUT2D eigenvalue weighted by molar-refractivity contribution is -0.127. The number of ether oxygens (including phenoxy) is 1. The Labute approximate surface area is 160 Å². The van der Waals surface area contributed by atoms with E-state index in [4.69, 9.17) is 4.74 Å². The molecule has 1 amide bonds. The molecule has 0 radical (unpaired) electrons. The number of likely N-dealkylation sites (tertiary alicyclic amines) is 1. The van der Waals surface area contributed by atoms with Gasteiger partial charge in [0.15, 0.2) is 0 Å². The van der Waals surface area contributed by atoms with Gasteiger partial charge in [-0.3, -0.25) is 9.69 Å². The third-order valence-electron chi connectivity index (χ3n) is 5.17. The summed E-state index contributed by atoms with van der Waals surface area (Å²) in [5.41, 5.74) is 2.13. The number of benzene rings is 2. The summed E-state index contributed by atoms with van der Waals surface area (Å²) in [6, 6.07) is 14.3. The van der Waals surface area contributed by atoms with Gasteiger partial charge in [0.2, 0.25) is 5.91 Å². The minimum absolute atomic E-state index is 0.0140. The Balaban J connectivity index is 1.54. The lowest BCUT2D eigenvalue weighted by atomic mass is 9.96. The van der Waals surface area contributed by atoms with Crippen molar-refractivity contribution < 1.29 is 13.9 Å². The number of hydrogen-bond donors (Lipinski definition) is 1. The van der Waals surface area contributed by atoms with Gasteiger partial charge in [-0.25, -0.2) is 4.39 Å². The van der Waals surface area contributed by atoms with E-state index in [0.717, 1.165) is 49.4 Å². The Hall–Kier alpha value is -2.40.